The van der Waals surface area contributed by atoms with Crippen molar-refractivity contribution in [2.24, 2.45) is 11.8 Å². The molecular weight excluding hydrogens is 354 g/mol. The van der Waals surface area contributed by atoms with Crippen molar-refractivity contribution in [2.45, 2.75) is 25.2 Å². The molecule has 0 spiro atoms. The highest BCUT2D eigenvalue weighted by Gasteiger charge is 2.39. The molecule has 0 bridgehead atoms. The molecule has 7 heteroatoms. The number of hydrogen-bond acceptors (Lipinski definition) is 3. The monoisotopic (exact) mass is 365 g/mol. The Balaban J connectivity index is 2.28. The van der Waals surface area contributed by atoms with Gasteiger partial charge in [-0.15, -0.1) is 0 Å². The van der Waals surface area contributed by atoms with Crippen molar-refractivity contribution in [2.75, 3.05) is 5.32 Å². The molecule has 1 amide bonds. The van der Waals surface area contributed by atoms with E-state index in [2.05, 4.69) is 21.2 Å². The van der Waals surface area contributed by atoms with Crippen molar-refractivity contribution in [1.82, 2.24) is 0 Å². The van der Waals surface area contributed by atoms with E-state index in [-0.39, 0.29) is 16.7 Å². The van der Waals surface area contributed by atoms with Crippen LogP contribution >= 0.6 is 26.6 Å². The van der Waals surface area contributed by atoms with Crippen LogP contribution in [0.15, 0.2) is 21.5 Å². The summed E-state index contributed by atoms with van der Waals surface area (Å²) in [6.07, 6.45) is 0.899. The van der Waals surface area contributed by atoms with Crippen LogP contribution in [0.4, 0.5) is 5.69 Å². The lowest BCUT2D eigenvalue weighted by atomic mass is 10.2. The average Bonchev–Trinajstić information content (AvgIpc) is 2.99. The van der Waals surface area contributed by atoms with Crippen LogP contribution in [0.1, 0.15) is 18.9 Å². The minimum absolute atomic E-state index is 0.0333. The van der Waals surface area contributed by atoms with E-state index >= 15 is 0 Å². The van der Waals surface area contributed by atoms with Gasteiger partial charge >= 0.3 is 0 Å². The third-order valence-corrected chi connectivity index (χ3v) is 5.35. The molecule has 2 atom stereocenters. The van der Waals surface area contributed by atoms with Crippen LogP contribution in [-0.4, -0.2) is 14.3 Å². The van der Waals surface area contributed by atoms with Gasteiger partial charge in [0.05, 0.1) is 10.6 Å². The maximum Gasteiger partial charge on any atom is 0.261 e. The summed E-state index contributed by atoms with van der Waals surface area (Å²) in [4.78, 5) is 11.9. The Morgan fingerprint density at radius 3 is 2.53 bits per heavy atom. The summed E-state index contributed by atoms with van der Waals surface area (Å²) in [6, 6.07) is 3.01. The van der Waals surface area contributed by atoms with Crippen molar-refractivity contribution < 1.29 is 13.2 Å². The van der Waals surface area contributed by atoms with E-state index in [4.69, 9.17) is 10.7 Å². The third-order valence-electron chi connectivity index (χ3n) is 3.23. The van der Waals surface area contributed by atoms with Crippen LogP contribution < -0.4 is 5.32 Å². The fourth-order valence-electron chi connectivity index (χ4n) is 1.93. The second kappa shape index (κ2) is 5.07. The molecule has 0 saturated heterocycles. The molecule has 2 unspecified atom stereocenters. The highest BCUT2D eigenvalue weighted by atomic mass is 79.9. The first-order valence-corrected chi connectivity index (χ1v) is 8.86. The molecule has 1 aromatic carbocycles. The van der Waals surface area contributed by atoms with E-state index in [1.54, 1.807) is 13.0 Å². The fourth-order valence-corrected chi connectivity index (χ4v) is 3.73. The summed E-state index contributed by atoms with van der Waals surface area (Å²) in [5.74, 6) is 0.445. The molecule has 19 heavy (non-hydrogen) atoms. The molecule has 4 nitrogen and oxygen atoms in total. The molecule has 2 rings (SSSR count). The Morgan fingerprint density at radius 1 is 1.47 bits per heavy atom. The van der Waals surface area contributed by atoms with Gasteiger partial charge in [0.25, 0.3) is 9.05 Å². The summed E-state index contributed by atoms with van der Waals surface area (Å²) in [7, 11) is 1.55. The van der Waals surface area contributed by atoms with Crippen molar-refractivity contribution in [1.29, 1.82) is 0 Å². The van der Waals surface area contributed by atoms with Gasteiger partial charge in [-0.3, -0.25) is 4.79 Å². The van der Waals surface area contributed by atoms with Crippen molar-refractivity contribution in [3.63, 3.8) is 0 Å². The van der Waals surface area contributed by atoms with Crippen molar-refractivity contribution >= 4 is 47.3 Å². The van der Waals surface area contributed by atoms with Gasteiger partial charge in [-0.25, -0.2) is 8.42 Å². The first-order valence-electron chi connectivity index (χ1n) is 5.76. The molecule has 1 aromatic rings. The van der Waals surface area contributed by atoms with E-state index < -0.39 is 9.05 Å². The number of carbonyl (C=O) groups is 1. The van der Waals surface area contributed by atoms with Crippen LogP contribution in [0.25, 0.3) is 0 Å². The highest BCUT2D eigenvalue weighted by Crippen LogP contribution is 2.39. The van der Waals surface area contributed by atoms with Gasteiger partial charge in [-0.2, -0.15) is 0 Å². The van der Waals surface area contributed by atoms with Gasteiger partial charge in [0, 0.05) is 21.1 Å². The van der Waals surface area contributed by atoms with E-state index in [0.717, 1.165) is 6.42 Å². The molecule has 1 aliphatic carbocycles. The maximum absolute atomic E-state index is 11.9. The molecule has 0 aromatic heterocycles. The van der Waals surface area contributed by atoms with E-state index in [9.17, 15) is 13.2 Å². The summed E-state index contributed by atoms with van der Waals surface area (Å²) in [5.41, 5.74) is 1.06. The molecule has 1 N–H and O–H groups in total. The lowest BCUT2D eigenvalue weighted by Gasteiger charge is -2.10. The Labute approximate surface area is 125 Å². The summed E-state index contributed by atoms with van der Waals surface area (Å²) < 4.78 is 23.2. The van der Waals surface area contributed by atoms with Gasteiger partial charge < -0.3 is 5.32 Å². The van der Waals surface area contributed by atoms with E-state index in [1.807, 2.05) is 6.92 Å². The summed E-state index contributed by atoms with van der Waals surface area (Å²) in [5, 5.41) is 2.80. The minimum atomic E-state index is -3.78. The molecule has 1 aliphatic rings. The van der Waals surface area contributed by atoms with Crippen molar-refractivity contribution in [3.8, 4) is 0 Å². The van der Waals surface area contributed by atoms with Crippen LogP contribution in [0.3, 0.4) is 0 Å². The molecule has 104 valence electrons. The zero-order valence-electron chi connectivity index (χ0n) is 10.4. The van der Waals surface area contributed by atoms with Gasteiger partial charge in [0.1, 0.15) is 0 Å². The first-order chi connectivity index (χ1) is 8.70. The Bertz CT molecular complexity index is 645. The number of halogens is 2. The normalized spacial score (nSPS) is 22.1. The number of hydrogen-bond donors (Lipinski definition) is 1. The number of aryl methyl sites for hydroxylation is 1. The zero-order chi connectivity index (χ0) is 14.4. The maximum atomic E-state index is 11.9. The predicted molar refractivity (Wildman–Crippen MR) is 77.8 cm³/mol. The SMILES string of the molecule is Cc1cc(NC(=O)C2CC2C)c(Br)cc1S(=O)(=O)Cl. The Hall–Kier alpha value is -0.590. The molecule has 0 heterocycles. The van der Waals surface area contributed by atoms with Gasteiger partial charge in [-0.1, -0.05) is 6.92 Å². The predicted octanol–water partition coefficient (Wildman–Crippen LogP) is 3.28. The smallest absolute Gasteiger partial charge is 0.261 e. The summed E-state index contributed by atoms with van der Waals surface area (Å²) in [6.45, 7) is 3.66. The lowest BCUT2D eigenvalue weighted by Crippen LogP contribution is -2.15. The van der Waals surface area contributed by atoms with E-state index in [0.29, 0.717) is 21.6 Å². The number of amides is 1. The molecule has 1 fully saturated rings. The van der Waals surface area contributed by atoms with Gasteiger partial charge in [0.15, 0.2) is 0 Å². The average molecular weight is 367 g/mol. The van der Waals surface area contributed by atoms with Crippen molar-refractivity contribution in [3.05, 3.63) is 22.2 Å². The Kier molecular flexibility index (Phi) is 3.95. The lowest BCUT2D eigenvalue weighted by molar-refractivity contribution is -0.117. The summed E-state index contributed by atoms with van der Waals surface area (Å²) >= 11 is 3.25. The fraction of sp³-hybridized carbons (Fsp3) is 0.417. The van der Waals surface area contributed by atoms with E-state index in [1.165, 1.54) is 6.07 Å². The van der Waals surface area contributed by atoms with Crippen LogP contribution in [0.2, 0.25) is 0 Å². The standard InChI is InChI=1S/C12H13BrClNO3S/c1-6-3-8(6)12(16)15-10-4-7(2)11(5-9(10)13)19(14,17)18/h4-6,8H,3H2,1-2H3,(H,15,16). The van der Waals surface area contributed by atoms with Gasteiger partial charge in [0.2, 0.25) is 5.91 Å². The molecule has 0 radical (unpaired) electrons. The second-order valence-electron chi connectivity index (χ2n) is 4.84. The van der Waals surface area contributed by atoms with Crippen LogP contribution in [0, 0.1) is 18.8 Å². The van der Waals surface area contributed by atoms with Crippen LogP contribution in [0.5, 0.6) is 0 Å². The van der Waals surface area contributed by atoms with Crippen LogP contribution in [-0.2, 0) is 13.8 Å². The number of nitrogens with one attached hydrogen (secondary N) is 1. The van der Waals surface area contributed by atoms with Gasteiger partial charge in [-0.05, 0) is 52.9 Å². The first kappa shape index (κ1) is 14.8. The third kappa shape index (κ3) is 3.30. The Morgan fingerprint density at radius 2 is 2.05 bits per heavy atom. The highest BCUT2D eigenvalue weighted by molar-refractivity contribution is 9.10. The quantitative estimate of drug-likeness (QED) is 0.835. The molecule has 0 aliphatic heterocycles. The number of anilines is 1. The topological polar surface area (TPSA) is 63.2 Å². The molecular formula is C12H13BrClNO3S. The number of rotatable bonds is 3. The zero-order valence-corrected chi connectivity index (χ0v) is 13.6. The largest absolute Gasteiger partial charge is 0.325 e. The minimum Gasteiger partial charge on any atom is -0.325 e. The number of carbonyl (C=O) groups excluding carboxylic acids is 1. The number of benzene rings is 1. The second-order valence-corrected chi connectivity index (χ2v) is 8.23. The molecule has 1 saturated carbocycles.